The SMILES string of the molecule is CC(C)COc1ccc(C(=O)N2CCCc3ccccc32)cc1. The van der Waals surface area contributed by atoms with Gasteiger partial charge in [0.1, 0.15) is 5.75 Å². The first-order chi connectivity index (χ1) is 11.1. The third-order valence-corrected chi connectivity index (χ3v) is 4.04. The van der Waals surface area contributed by atoms with Crippen molar-refractivity contribution in [3.63, 3.8) is 0 Å². The summed E-state index contributed by atoms with van der Waals surface area (Å²) in [5.41, 5.74) is 3.01. The molecule has 0 aliphatic carbocycles. The summed E-state index contributed by atoms with van der Waals surface area (Å²) in [4.78, 5) is 14.7. The summed E-state index contributed by atoms with van der Waals surface area (Å²) >= 11 is 0. The molecule has 3 nitrogen and oxygen atoms in total. The van der Waals surface area contributed by atoms with Crippen LogP contribution in [0.1, 0.15) is 36.2 Å². The van der Waals surface area contributed by atoms with Gasteiger partial charge in [-0.1, -0.05) is 32.0 Å². The lowest BCUT2D eigenvalue weighted by Gasteiger charge is -2.29. The van der Waals surface area contributed by atoms with Gasteiger partial charge in [-0.3, -0.25) is 4.79 Å². The van der Waals surface area contributed by atoms with Crippen LogP contribution < -0.4 is 9.64 Å². The number of hydrogen-bond donors (Lipinski definition) is 0. The molecule has 0 unspecified atom stereocenters. The van der Waals surface area contributed by atoms with E-state index in [2.05, 4.69) is 19.9 Å². The number of fused-ring (bicyclic) bond motifs is 1. The number of anilines is 1. The minimum Gasteiger partial charge on any atom is -0.493 e. The smallest absolute Gasteiger partial charge is 0.258 e. The molecule has 1 aliphatic heterocycles. The molecule has 3 heteroatoms. The summed E-state index contributed by atoms with van der Waals surface area (Å²) in [6.45, 7) is 5.70. The van der Waals surface area contributed by atoms with E-state index in [1.54, 1.807) is 0 Å². The van der Waals surface area contributed by atoms with Gasteiger partial charge in [0.05, 0.1) is 6.61 Å². The summed E-state index contributed by atoms with van der Waals surface area (Å²) < 4.78 is 5.68. The Balaban J connectivity index is 1.76. The third-order valence-electron chi connectivity index (χ3n) is 4.04. The molecule has 0 atom stereocenters. The lowest BCUT2D eigenvalue weighted by molar-refractivity contribution is 0.0985. The molecule has 1 heterocycles. The number of ether oxygens (including phenoxy) is 1. The lowest BCUT2D eigenvalue weighted by Crippen LogP contribution is -2.35. The Bertz CT molecular complexity index is 676. The zero-order valence-corrected chi connectivity index (χ0v) is 13.8. The number of carbonyl (C=O) groups is 1. The van der Waals surface area contributed by atoms with Crippen LogP contribution in [0.2, 0.25) is 0 Å². The first-order valence-corrected chi connectivity index (χ1v) is 8.28. The van der Waals surface area contributed by atoms with Gasteiger partial charge < -0.3 is 9.64 Å². The van der Waals surface area contributed by atoms with Crippen LogP contribution in [0.25, 0.3) is 0 Å². The lowest BCUT2D eigenvalue weighted by atomic mass is 10.0. The molecular weight excluding hydrogens is 286 g/mol. The van der Waals surface area contributed by atoms with Gasteiger partial charge in [-0.2, -0.15) is 0 Å². The standard InChI is InChI=1S/C20H23NO2/c1-15(2)14-23-18-11-9-17(10-12-18)20(22)21-13-5-7-16-6-3-4-8-19(16)21/h3-4,6,8-12,15H,5,7,13-14H2,1-2H3. The quantitative estimate of drug-likeness (QED) is 0.842. The van der Waals surface area contributed by atoms with Crippen LogP contribution in [0, 0.1) is 5.92 Å². The fraction of sp³-hybridized carbons (Fsp3) is 0.350. The Hall–Kier alpha value is -2.29. The van der Waals surface area contributed by atoms with Gasteiger partial charge in [0, 0.05) is 17.8 Å². The van der Waals surface area contributed by atoms with Crippen LogP contribution >= 0.6 is 0 Å². The van der Waals surface area contributed by atoms with E-state index in [0.29, 0.717) is 18.1 Å². The Labute approximate surface area is 137 Å². The van der Waals surface area contributed by atoms with Crippen LogP contribution in [0.5, 0.6) is 5.75 Å². The van der Waals surface area contributed by atoms with Gasteiger partial charge in [0.15, 0.2) is 0 Å². The van der Waals surface area contributed by atoms with Gasteiger partial charge >= 0.3 is 0 Å². The fourth-order valence-corrected chi connectivity index (χ4v) is 2.86. The van der Waals surface area contributed by atoms with E-state index in [-0.39, 0.29) is 5.91 Å². The van der Waals surface area contributed by atoms with E-state index < -0.39 is 0 Å². The van der Waals surface area contributed by atoms with Gasteiger partial charge in [0.25, 0.3) is 5.91 Å². The Morgan fingerprint density at radius 2 is 1.87 bits per heavy atom. The number of benzene rings is 2. The average molecular weight is 309 g/mol. The summed E-state index contributed by atoms with van der Waals surface area (Å²) in [7, 11) is 0. The summed E-state index contributed by atoms with van der Waals surface area (Å²) in [5, 5.41) is 0. The fourth-order valence-electron chi connectivity index (χ4n) is 2.86. The van der Waals surface area contributed by atoms with Gasteiger partial charge in [-0.05, 0) is 54.7 Å². The first kappa shape index (κ1) is 15.6. The Morgan fingerprint density at radius 3 is 2.61 bits per heavy atom. The molecule has 2 aromatic carbocycles. The Morgan fingerprint density at radius 1 is 1.13 bits per heavy atom. The van der Waals surface area contributed by atoms with Crippen molar-refractivity contribution in [3.8, 4) is 5.75 Å². The van der Waals surface area contributed by atoms with Crippen molar-refractivity contribution in [1.29, 1.82) is 0 Å². The topological polar surface area (TPSA) is 29.5 Å². The van der Waals surface area contributed by atoms with Crippen molar-refractivity contribution >= 4 is 11.6 Å². The minimum atomic E-state index is 0.0626. The average Bonchev–Trinajstić information content (AvgIpc) is 2.59. The van der Waals surface area contributed by atoms with E-state index in [0.717, 1.165) is 30.8 Å². The normalized spacial score (nSPS) is 13.8. The molecule has 0 fully saturated rings. The second kappa shape index (κ2) is 6.86. The highest BCUT2D eigenvalue weighted by molar-refractivity contribution is 6.06. The third kappa shape index (κ3) is 3.55. The monoisotopic (exact) mass is 309 g/mol. The Kier molecular flexibility index (Phi) is 4.65. The van der Waals surface area contributed by atoms with Crippen molar-refractivity contribution in [3.05, 3.63) is 59.7 Å². The van der Waals surface area contributed by atoms with Crippen LogP contribution in [0.3, 0.4) is 0 Å². The molecule has 2 aromatic rings. The minimum absolute atomic E-state index is 0.0626. The number of rotatable bonds is 4. The van der Waals surface area contributed by atoms with Crippen LogP contribution in [-0.2, 0) is 6.42 Å². The number of aryl methyl sites for hydroxylation is 1. The molecular formula is C20H23NO2. The maximum Gasteiger partial charge on any atom is 0.258 e. The van der Waals surface area contributed by atoms with Gasteiger partial charge in [-0.15, -0.1) is 0 Å². The van der Waals surface area contributed by atoms with Crippen LogP contribution in [0.15, 0.2) is 48.5 Å². The zero-order valence-electron chi connectivity index (χ0n) is 13.8. The van der Waals surface area contributed by atoms with E-state index in [1.165, 1.54) is 5.56 Å². The summed E-state index contributed by atoms with van der Waals surface area (Å²) in [5.74, 6) is 1.36. The molecule has 23 heavy (non-hydrogen) atoms. The number of para-hydroxylation sites is 1. The summed E-state index contributed by atoms with van der Waals surface area (Å²) in [6, 6.07) is 15.6. The van der Waals surface area contributed by atoms with Crippen molar-refractivity contribution in [2.45, 2.75) is 26.7 Å². The van der Waals surface area contributed by atoms with Crippen molar-refractivity contribution in [2.75, 3.05) is 18.1 Å². The predicted molar refractivity (Wildman–Crippen MR) is 93.2 cm³/mol. The van der Waals surface area contributed by atoms with Crippen molar-refractivity contribution in [1.82, 2.24) is 0 Å². The molecule has 0 bridgehead atoms. The number of carbonyl (C=O) groups excluding carboxylic acids is 1. The number of amides is 1. The second-order valence-electron chi connectivity index (χ2n) is 6.42. The van der Waals surface area contributed by atoms with E-state index >= 15 is 0 Å². The highest BCUT2D eigenvalue weighted by Gasteiger charge is 2.23. The van der Waals surface area contributed by atoms with E-state index in [9.17, 15) is 4.79 Å². The van der Waals surface area contributed by atoms with Gasteiger partial charge in [-0.25, -0.2) is 0 Å². The van der Waals surface area contributed by atoms with Gasteiger partial charge in [0.2, 0.25) is 0 Å². The molecule has 0 N–H and O–H groups in total. The molecule has 0 radical (unpaired) electrons. The molecule has 1 amide bonds. The molecule has 1 aliphatic rings. The molecule has 120 valence electrons. The molecule has 0 saturated carbocycles. The van der Waals surface area contributed by atoms with Crippen LogP contribution in [0.4, 0.5) is 5.69 Å². The largest absolute Gasteiger partial charge is 0.493 e. The van der Waals surface area contributed by atoms with Crippen molar-refractivity contribution < 1.29 is 9.53 Å². The number of nitrogens with zero attached hydrogens (tertiary/aromatic N) is 1. The molecule has 0 spiro atoms. The number of hydrogen-bond acceptors (Lipinski definition) is 2. The maximum atomic E-state index is 12.8. The predicted octanol–water partition coefficient (Wildman–Crippen LogP) is 4.31. The second-order valence-corrected chi connectivity index (χ2v) is 6.42. The van der Waals surface area contributed by atoms with E-state index in [1.807, 2.05) is 47.4 Å². The maximum absolute atomic E-state index is 12.8. The van der Waals surface area contributed by atoms with Crippen LogP contribution in [-0.4, -0.2) is 19.1 Å². The summed E-state index contributed by atoms with van der Waals surface area (Å²) in [6.07, 6.45) is 2.06. The van der Waals surface area contributed by atoms with E-state index in [4.69, 9.17) is 4.74 Å². The highest BCUT2D eigenvalue weighted by Crippen LogP contribution is 2.28. The molecule has 0 saturated heterocycles. The first-order valence-electron chi connectivity index (χ1n) is 8.28. The highest BCUT2D eigenvalue weighted by atomic mass is 16.5. The molecule has 0 aromatic heterocycles. The zero-order chi connectivity index (χ0) is 16.2. The molecule has 3 rings (SSSR count). The van der Waals surface area contributed by atoms with Crippen molar-refractivity contribution in [2.24, 2.45) is 5.92 Å².